The van der Waals surface area contributed by atoms with Gasteiger partial charge in [-0.3, -0.25) is 9.59 Å². The first kappa shape index (κ1) is 22.4. The summed E-state index contributed by atoms with van der Waals surface area (Å²) in [6.45, 7) is 2.70. The van der Waals surface area contributed by atoms with Crippen LogP contribution in [0, 0.1) is 0 Å². The molecule has 0 aliphatic heterocycles. The van der Waals surface area contributed by atoms with Gasteiger partial charge in [-0.15, -0.1) is 0 Å². The molecule has 1 heterocycles. The number of methoxy groups -OCH3 is 1. The van der Waals surface area contributed by atoms with E-state index in [1.165, 1.54) is 6.92 Å². The van der Waals surface area contributed by atoms with Gasteiger partial charge >= 0.3 is 0 Å². The average molecular weight is 422 g/mol. The SMILES string of the molecule is COc1ccc(C(CNC(=O)CCCCCNC(C)=O)c2c[nH]c3ccccc23)cc1. The molecule has 0 aliphatic carbocycles. The predicted molar refractivity (Wildman–Crippen MR) is 123 cm³/mol. The standard InChI is InChI=1S/C25H31N3O3/c1-18(29)26-15-7-3-4-10-25(30)28-16-22(19-11-13-20(31-2)14-12-19)23-17-27-24-9-6-5-8-21(23)24/h5-6,8-9,11-14,17,22,27H,3-4,7,10,15-16H2,1-2H3,(H,26,29)(H,28,30). The third-order valence-corrected chi connectivity index (χ3v) is 5.47. The van der Waals surface area contributed by atoms with Crippen LogP contribution < -0.4 is 15.4 Å². The quantitative estimate of drug-likeness (QED) is 0.407. The number of fused-ring (bicyclic) bond motifs is 1. The summed E-state index contributed by atoms with van der Waals surface area (Å²) >= 11 is 0. The normalized spacial score (nSPS) is 11.8. The van der Waals surface area contributed by atoms with Crippen molar-refractivity contribution in [3.05, 3.63) is 65.9 Å². The lowest BCUT2D eigenvalue weighted by Crippen LogP contribution is -2.28. The van der Waals surface area contributed by atoms with Crippen LogP contribution in [0.2, 0.25) is 0 Å². The fraction of sp³-hybridized carbons (Fsp3) is 0.360. The van der Waals surface area contributed by atoms with E-state index in [9.17, 15) is 9.59 Å². The Morgan fingerprint density at radius 1 is 1.00 bits per heavy atom. The van der Waals surface area contributed by atoms with E-state index in [0.29, 0.717) is 19.5 Å². The highest BCUT2D eigenvalue weighted by Gasteiger charge is 2.19. The van der Waals surface area contributed by atoms with E-state index in [1.54, 1.807) is 7.11 Å². The fourth-order valence-corrected chi connectivity index (χ4v) is 3.78. The lowest BCUT2D eigenvalue weighted by Gasteiger charge is -2.19. The molecule has 0 bridgehead atoms. The van der Waals surface area contributed by atoms with Crippen molar-refractivity contribution in [3.8, 4) is 5.75 Å². The van der Waals surface area contributed by atoms with Crippen molar-refractivity contribution in [2.45, 2.75) is 38.5 Å². The minimum atomic E-state index is -0.0143. The Balaban J connectivity index is 1.63. The molecule has 3 aromatic rings. The Morgan fingerprint density at radius 3 is 2.52 bits per heavy atom. The summed E-state index contributed by atoms with van der Waals surface area (Å²) in [5, 5.41) is 7.06. The molecular formula is C25H31N3O3. The second-order valence-corrected chi connectivity index (χ2v) is 7.71. The molecule has 3 N–H and O–H groups in total. The molecule has 1 aromatic heterocycles. The Labute approximate surface area is 183 Å². The Morgan fingerprint density at radius 2 is 1.77 bits per heavy atom. The number of nitrogens with one attached hydrogen (secondary N) is 3. The lowest BCUT2D eigenvalue weighted by molar-refractivity contribution is -0.121. The van der Waals surface area contributed by atoms with Gasteiger partial charge in [-0.1, -0.05) is 36.8 Å². The molecule has 0 spiro atoms. The van der Waals surface area contributed by atoms with Crippen molar-refractivity contribution in [1.29, 1.82) is 0 Å². The second kappa shape index (κ2) is 11.2. The first-order valence-corrected chi connectivity index (χ1v) is 10.8. The molecule has 6 nitrogen and oxygen atoms in total. The minimum Gasteiger partial charge on any atom is -0.497 e. The molecule has 0 radical (unpaired) electrons. The molecule has 164 valence electrons. The summed E-state index contributed by atoms with van der Waals surface area (Å²) in [5.41, 5.74) is 3.37. The third kappa shape index (κ3) is 6.35. The van der Waals surface area contributed by atoms with Gasteiger partial charge in [-0.05, 0) is 42.2 Å². The maximum Gasteiger partial charge on any atom is 0.220 e. The number of unbranched alkanes of at least 4 members (excludes halogenated alkanes) is 2. The van der Waals surface area contributed by atoms with Crippen LogP contribution in [0.25, 0.3) is 10.9 Å². The number of aromatic amines is 1. The van der Waals surface area contributed by atoms with Gasteiger partial charge in [0.15, 0.2) is 0 Å². The maximum atomic E-state index is 12.4. The van der Waals surface area contributed by atoms with E-state index in [0.717, 1.165) is 47.0 Å². The van der Waals surface area contributed by atoms with Crippen molar-refractivity contribution in [1.82, 2.24) is 15.6 Å². The van der Waals surface area contributed by atoms with Gasteiger partial charge in [0.25, 0.3) is 0 Å². The zero-order chi connectivity index (χ0) is 22.1. The molecule has 31 heavy (non-hydrogen) atoms. The Kier molecular flexibility index (Phi) is 8.10. The highest BCUT2D eigenvalue weighted by atomic mass is 16.5. The molecule has 1 atom stereocenters. The monoisotopic (exact) mass is 421 g/mol. The van der Waals surface area contributed by atoms with Gasteiger partial charge in [0.05, 0.1) is 7.11 Å². The summed E-state index contributed by atoms with van der Waals surface area (Å²) < 4.78 is 5.29. The molecule has 2 aromatic carbocycles. The van der Waals surface area contributed by atoms with Crippen LogP contribution in [-0.4, -0.2) is 37.0 Å². The number of para-hydroxylation sites is 1. The zero-order valence-electron chi connectivity index (χ0n) is 18.2. The van der Waals surface area contributed by atoms with Crippen molar-refractivity contribution >= 4 is 22.7 Å². The maximum absolute atomic E-state index is 12.4. The highest BCUT2D eigenvalue weighted by molar-refractivity contribution is 5.84. The van der Waals surface area contributed by atoms with Crippen LogP contribution in [0.4, 0.5) is 0 Å². The second-order valence-electron chi connectivity index (χ2n) is 7.71. The molecule has 0 saturated heterocycles. The number of ether oxygens (including phenoxy) is 1. The number of H-pyrrole nitrogens is 1. The van der Waals surface area contributed by atoms with Crippen molar-refractivity contribution in [3.63, 3.8) is 0 Å². The molecule has 0 aliphatic rings. The Hall–Kier alpha value is -3.28. The van der Waals surface area contributed by atoms with Gasteiger partial charge < -0.3 is 20.4 Å². The zero-order valence-corrected chi connectivity index (χ0v) is 18.2. The van der Waals surface area contributed by atoms with Crippen molar-refractivity contribution < 1.29 is 14.3 Å². The van der Waals surface area contributed by atoms with Crippen LogP contribution >= 0.6 is 0 Å². The summed E-state index contributed by atoms with van der Waals surface area (Å²) in [7, 11) is 1.66. The topological polar surface area (TPSA) is 83.2 Å². The summed E-state index contributed by atoms with van der Waals surface area (Å²) in [4.78, 5) is 26.7. The minimum absolute atomic E-state index is 0.0143. The van der Waals surface area contributed by atoms with Gasteiger partial charge in [0.1, 0.15) is 5.75 Å². The summed E-state index contributed by atoms with van der Waals surface area (Å²) in [6.07, 6.45) is 5.14. The van der Waals surface area contributed by atoms with Gasteiger partial charge in [-0.2, -0.15) is 0 Å². The van der Waals surface area contributed by atoms with Gasteiger partial charge in [0.2, 0.25) is 11.8 Å². The third-order valence-electron chi connectivity index (χ3n) is 5.47. The Bertz CT molecular complexity index is 995. The fourth-order valence-electron chi connectivity index (χ4n) is 3.78. The predicted octanol–water partition coefficient (Wildman–Crippen LogP) is 4.12. The number of hydrogen-bond donors (Lipinski definition) is 3. The van der Waals surface area contributed by atoms with E-state index in [1.807, 2.05) is 30.5 Å². The van der Waals surface area contributed by atoms with Crippen LogP contribution in [0.15, 0.2) is 54.7 Å². The average Bonchev–Trinajstić information content (AvgIpc) is 3.20. The molecule has 1 unspecified atom stereocenters. The van der Waals surface area contributed by atoms with Gasteiger partial charge in [0, 0.05) is 49.5 Å². The first-order valence-electron chi connectivity index (χ1n) is 10.8. The lowest BCUT2D eigenvalue weighted by atomic mass is 9.90. The highest BCUT2D eigenvalue weighted by Crippen LogP contribution is 2.31. The van der Waals surface area contributed by atoms with E-state index >= 15 is 0 Å². The number of amides is 2. The molecule has 6 heteroatoms. The van der Waals surface area contributed by atoms with Crippen molar-refractivity contribution in [2.75, 3.05) is 20.2 Å². The van der Waals surface area contributed by atoms with E-state index in [4.69, 9.17) is 4.74 Å². The molecule has 0 saturated carbocycles. The van der Waals surface area contributed by atoms with Crippen LogP contribution in [0.5, 0.6) is 5.75 Å². The number of carbonyl (C=O) groups excluding carboxylic acids is 2. The molecule has 0 fully saturated rings. The van der Waals surface area contributed by atoms with Gasteiger partial charge in [-0.25, -0.2) is 0 Å². The van der Waals surface area contributed by atoms with Crippen LogP contribution in [-0.2, 0) is 9.59 Å². The number of carbonyl (C=O) groups is 2. The smallest absolute Gasteiger partial charge is 0.220 e. The number of hydrogen-bond acceptors (Lipinski definition) is 3. The molecule has 2 amide bonds. The molecular weight excluding hydrogens is 390 g/mol. The first-order chi connectivity index (χ1) is 15.1. The number of benzene rings is 2. The van der Waals surface area contributed by atoms with E-state index < -0.39 is 0 Å². The summed E-state index contributed by atoms with van der Waals surface area (Å²) in [6, 6.07) is 16.2. The number of aromatic nitrogens is 1. The molecule has 3 rings (SSSR count). The van der Waals surface area contributed by atoms with E-state index in [-0.39, 0.29) is 17.7 Å². The largest absolute Gasteiger partial charge is 0.497 e. The summed E-state index contributed by atoms with van der Waals surface area (Å²) in [5.74, 6) is 0.882. The van der Waals surface area contributed by atoms with Crippen LogP contribution in [0.3, 0.4) is 0 Å². The van der Waals surface area contributed by atoms with E-state index in [2.05, 4.69) is 39.9 Å². The number of rotatable bonds is 11. The van der Waals surface area contributed by atoms with Crippen molar-refractivity contribution in [2.24, 2.45) is 0 Å². The van der Waals surface area contributed by atoms with Crippen LogP contribution in [0.1, 0.15) is 49.7 Å².